The molecular weight excluding hydrogens is 218 g/mol. The molecule has 1 amide bonds. The summed E-state index contributed by atoms with van der Waals surface area (Å²) >= 11 is 0. The Morgan fingerprint density at radius 1 is 1.38 bits per heavy atom. The molecule has 96 valence electrons. The van der Waals surface area contributed by atoms with E-state index in [2.05, 4.69) is 10.6 Å². The zero-order valence-corrected chi connectivity index (χ0v) is 9.67. The molecule has 4 nitrogen and oxygen atoms in total. The Bertz CT molecular complexity index is 201. The van der Waals surface area contributed by atoms with Crippen LogP contribution in [0.2, 0.25) is 0 Å². The Labute approximate surface area is 94.4 Å². The lowest BCUT2D eigenvalue weighted by molar-refractivity contribution is -0.122. The van der Waals surface area contributed by atoms with Crippen LogP contribution in [-0.2, 0) is 4.79 Å². The molecule has 0 saturated carbocycles. The second-order valence-electron chi connectivity index (χ2n) is 3.92. The molecule has 0 bridgehead atoms. The predicted octanol–water partition coefficient (Wildman–Crippen LogP) is 0.507. The van der Waals surface area contributed by atoms with Crippen molar-refractivity contribution in [2.45, 2.75) is 45.3 Å². The average Bonchev–Trinajstić information content (AvgIpc) is 2.20. The largest absolute Gasteiger partial charge is 0.385 e. The zero-order chi connectivity index (χ0) is 12.6. The van der Waals surface area contributed by atoms with Gasteiger partial charge in [-0.25, -0.2) is 8.78 Å². The maximum Gasteiger partial charge on any atom is 0.265 e. The Morgan fingerprint density at radius 3 is 2.50 bits per heavy atom. The van der Waals surface area contributed by atoms with Gasteiger partial charge in [0.05, 0.1) is 0 Å². The third-order valence-electron chi connectivity index (χ3n) is 1.93. The van der Waals surface area contributed by atoms with Gasteiger partial charge in [-0.05, 0) is 13.0 Å². The van der Waals surface area contributed by atoms with Gasteiger partial charge in [-0.15, -0.1) is 0 Å². The highest BCUT2D eigenvalue weighted by molar-refractivity contribution is 5.75. The van der Waals surface area contributed by atoms with E-state index in [4.69, 9.17) is 5.11 Å². The SMILES string of the molecule is CC(C)NCCCC(=O)NCC(O)C(F)F. The van der Waals surface area contributed by atoms with Gasteiger partial charge in [0.1, 0.15) is 6.10 Å². The molecule has 6 heteroatoms. The van der Waals surface area contributed by atoms with Crippen LogP contribution >= 0.6 is 0 Å². The van der Waals surface area contributed by atoms with Crippen LogP contribution in [0.3, 0.4) is 0 Å². The molecule has 1 atom stereocenters. The van der Waals surface area contributed by atoms with Gasteiger partial charge in [0.25, 0.3) is 6.43 Å². The van der Waals surface area contributed by atoms with Crippen LogP contribution in [0.5, 0.6) is 0 Å². The fourth-order valence-electron chi connectivity index (χ4n) is 1.04. The third kappa shape index (κ3) is 8.55. The molecule has 0 radical (unpaired) electrons. The number of nitrogens with one attached hydrogen (secondary N) is 2. The molecular formula is C10H20F2N2O2. The molecule has 0 aromatic carbocycles. The van der Waals surface area contributed by atoms with Gasteiger partial charge < -0.3 is 15.7 Å². The lowest BCUT2D eigenvalue weighted by Gasteiger charge is -2.11. The van der Waals surface area contributed by atoms with E-state index in [9.17, 15) is 13.6 Å². The highest BCUT2D eigenvalue weighted by Gasteiger charge is 2.16. The van der Waals surface area contributed by atoms with Crippen molar-refractivity contribution in [1.29, 1.82) is 0 Å². The Hall–Kier alpha value is -0.750. The number of halogens is 2. The van der Waals surface area contributed by atoms with E-state index in [0.717, 1.165) is 0 Å². The molecule has 0 aliphatic heterocycles. The van der Waals surface area contributed by atoms with Crippen LogP contribution in [-0.4, -0.2) is 42.7 Å². The van der Waals surface area contributed by atoms with Crippen molar-refractivity contribution in [2.24, 2.45) is 0 Å². The van der Waals surface area contributed by atoms with Crippen molar-refractivity contribution in [2.75, 3.05) is 13.1 Å². The third-order valence-corrected chi connectivity index (χ3v) is 1.93. The van der Waals surface area contributed by atoms with Gasteiger partial charge in [-0.2, -0.15) is 0 Å². The first-order chi connectivity index (χ1) is 7.43. The number of rotatable bonds is 8. The van der Waals surface area contributed by atoms with E-state index in [1.54, 1.807) is 0 Å². The second kappa shape index (κ2) is 8.41. The van der Waals surface area contributed by atoms with Crippen molar-refractivity contribution >= 4 is 5.91 Å². The summed E-state index contributed by atoms with van der Waals surface area (Å²) in [6.07, 6.45) is -3.68. The highest BCUT2D eigenvalue weighted by Crippen LogP contribution is 1.98. The first kappa shape index (κ1) is 15.2. The number of carbonyl (C=O) groups is 1. The fourth-order valence-corrected chi connectivity index (χ4v) is 1.04. The molecule has 0 aromatic rings. The number of alkyl halides is 2. The minimum Gasteiger partial charge on any atom is -0.385 e. The summed E-state index contributed by atoms with van der Waals surface area (Å²) in [6, 6.07) is 0.365. The normalized spacial score (nSPS) is 13.2. The maximum atomic E-state index is 11.9. The molecule has 0 spiro atoms. The number of carbonyl (C=O) groups excluding carboxylic acids is 1. The molecule has 1 unspecified atom stereocenters. The van der Waals surface area contributed by atoms with Gasteiger partial charge in [0, 0.05) is 19.0 Å². The predicted molar refractivity (Wildman–Crippen MR) is 57.4 cm³/mol. The number of aliphatic hydroxyl groups is 1. The number of hydrogen-bond donors (Lipinski definition) is 3. The molecule has 3 N–H and O–H groups in total. The smallest absolute Gasteiger partial charge is 0.265 e. The Morgan fingerprint density at radius 2 is 2.00 bits per heavy atom. The van der Waals surface area contributed by atoms with Crippen molar-refractivity contribution in [3.63, 3.8) is 0 Å². The Kier molecular flexibility index (Phi) is 8.01. The zero-order valence-electron chi connectivity index (χ0n) is 9.67. The van der Waals surface area contributed by atoms with Crippen molar-refractivity contribution in [1.82, 2.24) is 10.6 Å². The monoisotopic (exact) mass is 238 g/mol. The van der Waals surface area contributed by atoms with Gasteiger partial charge in [0.2, 0.25) is 5.91 Å². The van der Waals surface area contributed by atoms with Gasteiger partial charge in [-0.1, -0.05) is 13.8 Å². The summed E-state index contributed by atoms with van der Waals surface area (Å²) in [5, 5.41) is 14.1. The van der Waals surface area contributed by atoms with Crippen LogP contribution in [0.15, 0.2) is 0 Å². The van der Waals surface area contributed by atoms with Crippen LogP contribution in [0, 0.1) is 0 Å². The molecule has 0 aromatic heterocycles. The lowest BCUT2D eigenvalue weighted by Crippen LogP contribution is -2.36. The van der Waals surface area contributed by atoms with Crippen molar-refractivity contribution in [3.05, 3.63) is 0 Å². The average molecular weight is 238 g/mol. The van der Waals surface area contributed by atoms with Crippen LogP contribution in [0.4, 0.5) is 8.78 Å². The molecule has 0 aliphatic rings. The van der Waals surface area contributed by atoms with E-state index >= 15 is 0 Å². The van der Waals surface area contributed by atoms with Gasteiger partial charge in [0.15, 0.2) is 0 Å². The summed E-state index contributed by atoms with van der Waals surface area (Å²) in [5.41, 5.74) is 0. The van der Waals surface area contributed by atoms with E-state index in [1.165, 1.54) is 0 Å². The molecule has 0 aliphatic carbocycles. The summed E-state index contributed by atoms with van der Waals surface area (Å²) in [5.74, 6) is -0.315. The standard InChI is InChI=1S/C10H20F2N2O2/c1-7(2)13-5-3-4-9(16)14-6-8(15)10(11)12/h7-8,10,13,15H,3-6H2,1-2H3,(H,14,16). The number of amides is 1. The van der Waals surface area contributed by atoms with E-state index < -0.39 is 19.1 Å². The summed E-state index contributed by atoms with van der Waals surface area (Å²) in [7, 11) is 0. The molecule has 0 saturated heterocycles. The first-order valence-electron chi connectivity index (χ1n) is 5.39. The van der Waals surface area contributed by atoms with Gasteiger partial charge >= 0.3 is 0 Å². The highest BCUT2D eigenvalue weighted by atomic mass is 19.3. The summed E-state index contributed by atoms with van der Waals surface area (Å²) < 4.78 is 23.7. The minimum atomic E-state index is -2.82. The van der Waals surface area contributed by atoms with E-state index in [1.807, 2.05) is 13.8 Å². The number of hydrogen-bond acceptors (Lipinski definition) is 3. The first-order valence-corrected chi connectivity index (χ1v) is 5.39. The minimum absolute atomic E-state index is 0.273. The molecule has 0 fully saturated rings. The van der Waals surface area contributed by atoms with Gasteiger partial charge in [-0.3, -0.25) is 4.79 Å². The quantitative estimate of drug-likeness (QED) is 0.540. The molecule has 16 heavy (non-hydrogen) atoms. The summed E-state index contributed by atoms with van der Waals surface area (Å²) in [6.45, 7) is 4.31. The topological polar surface area (TPSA) is 61.4 Å². The lowest BCUT2D eigenvalue weighted by atomic mass is 10.2. The molecule has 0 heterocycles. The molecule has 0 rings (SSSR count). The van der Waals surface area contributed by atoms with Crippen LogP contribution in [0.25, 0.3) is 0 Å². The Balaban J connectivity index is 3.45. The van der Waals surface area contributed by atoms with E-state index in [0.29, 0.717) is 19.0 Å². The van der Waals surface area contributed by atoms with Crippen LogP contribution in [0.1, 0.15) is 26.7 Å². The van der Waals surface area contributed by atoms with Crippen LogP contribution < -0.4 is 10.6 Å². The van der Waals surface area contributed by atoms with E-state index in [-0.39, 0.29) is 12.3 Å². The fraction of sp³-hybridized carbons (Fsp3) is 0.900. The second-order valence-corrected chi connectivity index (χ2v) is 3.92. The number of aliphatic hydroxyl groups excluding tert-OH is 1. The van der Waals surface area contributed by atoms with Crippen molar-refractivity contribution in [3.8, 4) is 0 Å². The van der Waals surface area contributed by atoms with Crippen molar-refractivity contribution < 1.29 is 18.7 Å². The maximum absolute atomic E-state index is 11.9. The summed E-state index contributed by atoms with van der Waals surface area (Å²) in [4.78, 5) is 11.1.